The predicted octanol–water partition coefficient (Wildman–Crippen LogP) is 2.97. The van der Waals surface area contributed by atoms with E-state index in [-0.39, 0.29) is 0 Å². The first-order valence-electron chi connectivity index (χ1n) is 5.20. The maximum atomic E-state index is 6.09. The molecule has 1 rings (SSSR count). The van der Waals surface area contributed by atoms with Crippen molar-refractivity contribution in [3.8, 4) is 5.75 Å². The second-order valence-electron chi connectivity index (χ2n) is 3.68. The number of nitrogens with two attached hydrogens (primary N) is 1. The Bertz CT molecular complexity index is 339. The highest BCUT2D eigenvalue weighted by Gasteiger charge is 2.12. The zero-order valence-electron chi connectivity index (χ0n) is 9.51. The van der Waals surface area contributed by atoms with E-state index in [1.807, 2.05) is 12.1 Å². The van der Waals surface area contributed by atoms with Crippen molar-refractivity contribution in [2.45, 2.75) is 26.2 Å². The Balaban J connectivity index is 3.21. The molecular weight excluding hydrogens is 210 g/mol. The molecule has 15 heavy (non-hydrogen) atoms. The van der Waals surface area contributed by atoms with Crippen molar-refractivity contribution < 1.29 is 4.74 Å². The van der Waals surface area contributed by atoms with E-state index in [1.54, 1.807) is 7.11 Å². The van der Waals surface area contributed by atoms with Crippen molar-refractivity contribution in [3.63, 3.8) is 0 Å². The minimum atomic E-state index is 0.336. The van der Waals surface area contributed by atoms with Crippen LogP contribution < -0.4 is 10.5 Å². The van der Waals surface area contributed by atoms with Gasteiger partial charge in [0.25, 0.3) is 0 Å². The quantitative estimate of drug-likeness (QED) is 0.859. The van der Waals surface area contributed by atoms with Crippen LogP contribution in [0.4, 0.5) is 0 Å². The maximum absolute atomic E-state index is 6.09. The molecule has 0 fully saturated rings. The van der Waals surface area contributed by atoms with Gasteiger partial charge in [-0.05, 0) is 42.1 Å². The van der Waals surface area contributed by atoms with Gasteiger partial charge in [0.1, 0.15) is 5.75 Å². The zero-order valence-corrected chi connectivity index (χ0v) is 10.3. The monoisotopic (exact) mass is 227 g/mol. The number of halogens is 1. The summed E-state index contributed by atoms with van der Waals surface area (Å²) in [6, 6.07) is 3.97. The predicted molar refractivity (Wildman–Crippen MR) is 64.9 cm³/mol. The van der Waals surface area contributed by atoms with Crippen LogP contribution in [0.25, 0.3) is 0 Å². The van der Waals surface area contributed by atoms with Crippen LogP contribution in [0.15, 0.2) is 12.1 Å². The van der Waals surface area contributed by atoms with E-state index < -0.39 is 0 Å². The van der Waals surface area contributed by atoms with Crippen LogP contribution in [-0.4, -0.2) is 13.7 Å². The van der Waals surface area contributed by atoms with Crippen molar-refractivity contribution in [1.82, 2.24) is 0 Å². The number of rotatable bonds is 4. The molecule has 3 heteroatoms. The van der Waals surface area contributed by atoms with E-state index in [0.717, 1.165) is 12.2 Å². The Kier molecular flexibility index (Phi) is 4.43. The molecule has 0 aliphatic carbocycles. The fourth-order valence-corrected chi connectivity index (χ4v) is 1.91. The Hall–Kier alpha value is -0.730. The van der Waals surface area contributed by atoms with Crippen LogP contribution in [0.2, 0.25) is 5.02 Å². The van der Waals surface area contributed by atoms with Crippen LogP contribution in [-0.2, 0) is 6.42 Å². The van der Waals surface area contributed by atoms with Gasteiger partial charge >= 0.3 is 0 Å². The highest BCUT2D eigenvalue weighted by Crippen LogP contribution is 2.31. The minimum Gasteiger partial charge on any atom is -0.495 e. The fourth-order valence-electron chi connectivity index (χ4n) is 1.66. The summed E-state index contributed by atoms with van der Waals surface area (Å²) in [4.78, 5) is 0. The summed E-state index contributed by atoms with van der Waals surface area (Å²) in [5, 5.41) is 0.657. The number of ether oxygens (including phenoxy) is 1. The molecule has 0 saturated heterocycles. The molecule has 0 saturated carbocycles. The van der Waals surface area contributed by atoms with Crippen LogP contribution in [0.3, 0.4) is 0 Å². The molecule has 1 aromatic carbocycles. The first kappa shape index (κ1) is 12.3. The number of hydrogen-bond donors (Lipinski definition) is 1. The molecule has 0 spiro atoms. The van der Waals surface area contributed by atoms with Crippen LogP contribution in [0.5, 0.6) is 5.75 Å². The van der Waals surface area contributed by atoms with Gasteiger partial charge in [-0.1, -0.05) is 25.4 Å². The Morgan fingerprint density at radius 1 is 1.47 bits per heavy atom. The van der Waals surface area contributed by atoms with Gasteiger partial charge in [-0.2, -0.15) is 0 Å². The van der Waals surface area contributed by atoms with Crippen molar-refractivity contribution in [1.29, 1.82) is 0 Å². The lowest BCUT2D eigenvalue weighted by molar-refractivity contribution is 0.414. The van der Waals surface area contributed by atoms with E-state index in [9.17, 15) is 0 Å². The SMILES string of the molecule is CCc1cc(OC)c(Cl)cc1C(C)CN. The van der Waals surface area contributed by atoms with E-state index in [4.69, 9.17) is 22.1 Å². The number of methoxy groups -OCH3 is 1. The Labute approximate surface area is 96.4 Å². The van der Waals surface area contributed by atoms with E-state index >= 15 is 0 Å². The third kappa shape index (κ3) is 2.64. The lowest BCUT2D eigenvalue weighted by Crippen LogP contribution is -2.11. The highest BCUT2D eigenvalue weighted by molar-refractivity contribution is 6.32. The third-order valence-corrected chi connectivity index (χ3v) is 2.97. The van der Waals surface area contributed by atoms with Gasteiger partial charge < -0.3 is 10.5 Å². The molecule has 0 aliphatic heterocycles. The number of aryl methyl sites for hydroxylation is 1. The summed E-state index contributed by atoms with van der Waals surface area (Å²) < 4.78 is 5.19. The summed E-state index contributed by atoms with van der Waals surface area (Å²) >= 11 is 6.09. The van der Waals surface area contributed by atoms with Gasteiger partial charge in [0, 0.05) is 0 Å². The summed E-state index contributed by atoms with van der Waals surface area (Å²) in [6.45, 7) is 4.86. The number of hydrogen-bond acceptors (Lipinski definition) is 2. The zero-order chi connectivity index (χ0) is 11.4. The average molecular weight is 228 g/mol. The molecular formula is C12H18ClNO. The highest BCUT2D eigenvalue weighted by atomic mass is 35.5. The Morgan fingerprint density at radius 2 is 2.13 bits per heavy atom. The second kappa shape index (κ2) is 5.38. The average Bonchev–Trinajstić information content (AvgIpc) is 2.27. The Morgan fingerprint density at radius 3 is 2.60 bits per heavy atom. The molecule has 2 nitrogen and oxygen atoms in total. The van der Waals surface area contributed by atoms with Crippen LogP contribution in [0, 0.1) is 0 Å². The van der Waals surface area contributed by atoms with Crippen LogP contribution >= 0.6 is 11.6 Å². The van der Waals surface area contributed by atoms with E-state index in [1.165, 1.54) is 11.1 Å². The van der Waals surface area contributed by atoms with Gasteiger partial charge in [-0.3, -0.25) is 0 Å². The van der Waals surface area contributed by atoms with Gasteiger partial charge in [0.05, 0.1) is 12.1 Å². The molecule has 1 unspecified atom stereocenters. The fraction of sp³-hybridized carbons (Fsp3) is 0.500. The molecule has 84 valence electrons. The summed E-state index contributed by atoms with van der Waals surface area (Å²) in [5.41, 5.74) is 8.16. The van der Waals surface area contributed by atoms with E-state index in [0.29, 0.717) is 17.5 Å². The van der Waals surface area contributed by atoms with Crippen molar-refractivity contribution >= 4 is 11.6 Å². The van der Waals surface area contributed by atoms with Crippen molar-refractivity contribution in [2.24, 2.45) is 5.73 Å². The first-order chi connectivity index (χ1) is 7.13. The lowest BCUT2D eigenvalue weighted by Gasteiger charge is -2.16. The van der Waals surface area contributed by atoms with Crippen LogP contribution in [0.1, 0.15) is 30.9 Å². The topological polar surface area (TPSA) is 35.2 Å². The smallest absolute Gasteiger partial charge is 0.137 e. The molecule has 0 aromatic heterocycles. The van der Waals surface area contributed by atoms with Gasteiger partial charge in [0.2, 0.25) is 0 Å². The molecule has 1 aromatic rings. The molecule has 0 heterocycles. The molecule has 0 aliphatic rings. The van der Waals surface area contributed by atoms with Gasteiger partial charge in [0.15, 0.2) is 0 Å². The molecule has 0 radical (unpaired) electrons. The molecule has 2 N–H and O–H groups in total. The van der Waals surface area contributed by atoms with E-state index in [2.05, 4.69) is 13.8 Å². The second-order valence-corrected chi connectivity index (χ2v) is 4.08. The minimum absolute atomic E-state index is 0.336. The van der Waals surface area contributed by atoms with Crippen molar-refractivity contribution in [2.75, 3.05) is 13.7 Å². The standard InChI is InChI=1S/C12H18ClNO/c1-4-9-5-12(15-3)11(13)6-10(9)8(2)7-14/h5-6,8H,4,7,14H2,1-3H3. The first-order valence-corrected chi connectivity index (χ1v) is 5.58. The van der Waals surface area contributed by atoms with Crippen molar-refractivity contribution in [3.05, 3.63) is 28.3 Å². The lowest BCUT2D eigenvalue weighted by atomic mass is 9.94. The number of benzene rings is 1. The summed E-state index contributed by atoms with van der Waals surface area (Å²) in [5.74, 6) is 1.07. The van der Waals surface area contributed by atoms with Gasteiger partial charge in [-0.15, -0.1) is 0 Å². The third-order valence-electron chi connectivity index (χ3n) is 2.68. The largest absolute Gasteiger partial charge is 0.495 e. The molecule has 1 atom stereocenters. The summed E-state index contributed by atoms with van der Waals surface area (Å²) in [7, 11) is 1.63. The normalized spacial score (nSPS) is 12.6. The maximum Gasteiger partial charge on any atom is 0.137 e. The van der Waals surface area contributed by atoms with Gasteiger partial charge in [-0.25, -0.2) is 0 Å². The summed E-state index contributed by atoms with van der Waals surface area (Å²) in [6.07, 6.45) is 0.965. The molecule has 0 amide bonds. The molecule has 0 bridgehead atoms.